The standard InChI is InChI=1S/C92H58N6S/c1-92-48-14-13-31-90(92)97(87-45-37-63(54-78(87)92)61-35-43-84-74(52-61)69-22-6-11-28-81(69)96(84)67-41-46-85-76(55-67)71-24-7-10-27-80(71)94(85)64-18-3-2-4-19-64)66-20-15-17-58(49-66)62-38-47-89-77(53-62)72-25-16-30-88(91(72)99-89)98-82-29-12-8-23-70(82)75-51-60(36-44-86(75)98)59-34-42-83-73(50-59)68-21-5-9-26-79(68)95(83)65-39-32-57(56-93)33-40-65/h2-55,90H,1H3. The van der Waals surface area contributed by atoms with Crippen LogP contribution in [0.4, 0.5) is 11.4 Å². The van der Waals surface area contributed by atoms with Gasteiger partial charge >= 0.3 is 0 Å². The first kappa shape index (κ1) is 55.5. The molecule has 7 heteroatoms. The lowest BCUT2D eigenvalue weighted by molar-refractivity contribution is 0.551. The molecule has 462 valence electrons. The minimum atomic E-state index is -0.266. The Balaban J connectivity index is 0.618. The summed E-state index contributed by atoms with van der Waals surface area (Å²) in [5, 5.41) is 21.9. The summed E-state index contributed by atoms with van der Waals surface area (Å²) in [6, 6.07) is 114. The van der Waals surface area contributed by atoms with E-state index in [1.165, 1.54) is 152 Å². The molecule has 1 aliphatic heterocycles. The van der Waals surface area contributed by atoms with E-state index in [4.69, 9.17) is 0 Å². The third-order valence-corrected chi connectivity index (χ3v) is 22.8. The van der Waals surface area contributed by atoms with E-state index >= 15 is 0 Å². The van der Waals surface area contributed by atoms with Crippen LogP contribution in [-0.2, 0) is 5.41 Å². The number of nitriles is 1. The van der Waals surface area contributed by atoms with Gasteiger partial charge in [0, 0.05) is 92.4 Å². The quantitative estimate of drug-likeness (QED) is 0.152. The van der Waals surface area contributed by atoms with E-state index in [9.17, 15) is 5.26 Å². The second-order valence-electron chi connectivity index (χ2n) is 26.9. The van der Waals surface area contributed by atoms with Gasteiger partial charge < -0.3 is 23.2 Å². The minimum absolute atomic E-state index is 0.0854. The first-order valence-electron chi connectivity index (χ1n) is 34.0. The fourth-order valence-electron chi connectivity index (χ4n) is 17.0. The zero-order chi connectivity index (χ0) is 65.2. The van der Waals surface area contributed by atoms with Gasteiger partial charge in [0.05, 0.1) is 72.2 Å². The van der Waals surface area contributed by atoms with Crippen LogP contribution < -0.4 is 4.90 Å². The van der Waals surface area contributed by atoms with Gasteiger partial charge in [0.1, 0.15) is 0 Å². The Hall–Kier alpha value is -12.7. The summed E-state index contributed by atoms with van der Waals surface area (Å²) in [4.78, 5) is 2.57. The van der Waals surface area contributed by atoms with Crippen LogP contribution in [0.1, 0.15) is 18.1 Å². The number of anilines is 2. The molecule has 6 heterocycles. The summed E-state index contributed by atoms with van der Waals surface area (Å²) < 4.78 is 12.2. The summed E-state index contributed by atoms with van der Waals surface area (Å²) in [6.45, 7) is 2.42. The van der Waals surface area contributed by atoms with Crippen molar-refractivity contribution in [3.63, 3.8) is 0 Å². The number of fused-ring (bicyclic) bond motifs is 18. The Labute approximate surface area is 574 Å². The lowest BCUT2D eigenvalue weighted by Gasteiger charge is -2.34. The number of aromatic nitrogens is 4. The van der Waals surface area contributed by atoms with Crippen LogP contribution in [0.5, 0.6) is 0 Å². The van der Waals surface area contributed by atoms with Gasteiger partial charge in [0.25, 0.3) is 0 Å². The van der Waals surface area contributed by atoms with Crippen molar-refractivity contribution >= 4 is 130 Å². The summed E-state index contributed by atoms with van der Waals surface area (Å²) in [6.07, 6.45) is 9.27. The minimum Gasteiger partial charge on any atom is -0.333 e. The molecule has 0 amide bonds. The van der Waals surface area contributed by atoms with Crippen LogP contribution in [0.2, 0.25) is 0 Å². The molecule has 0 radical (unpaired) electrons. The summed E-state index contributed by atoms with van der Waals surface area (Å²) in [7, 11) is 0. The Morgan fingerprint density at radius 2 is 0.768 bits per heavy atom. The van der Waals surface area contributed by atoms with Crippen LogP contribution in [0, 0.1) is 11.3 Å². The van der Waals surface area contributed by atoms with Gasteiger partial charge in [0.15, 0.2) is 0 Å². The highest BCUT2D eigenvalue weighted by atomic mass is 32.1. The number of hydrogen-bond donors (Lipinski definition) is 0. The van der Waals surface area contributed by atoms with Crippen LogP contribution in [0.25, 0.3) is 164 Å². The number of nitrogens with zero attached hydrogens (tertiary/aromatic N) is 6. The highest BCUT2D eigenvalue weighted by molar-refractivity contribution is 7.26. The third kappa shape index (κ3) is 8.15. The second kappa shape index (κ2) is 21.1. The molecule has 2 atom stereocenters. The van der Waals surface area contributed by atoms with Crippen molar-refractivity contribution in [2.75, 3.05) is 4.90 Å². The van der Waals surface area contributed by atoms with E-state index in [1.807, 2.05) is 35.6 Å². The molecule has 0 saturated carbocycles. The van der Waals surface area contributed by atoms with E-state index in [0.29, 0.717) is 5.56 Å². The molecular weight excluding hydrogens is 1220 g/mol. The Bertz CT molecular complexity index is 6780. The topological polar surface area (TPSA) is 46.8 Å². The molecule has 21 rings (SSSR count). The molecule has 0 bridgehead atoms. The predicted molar refractivity (Wildman–Crippen MR) is 416 cm³/mol. The van der Waals surface area contributed by atoms with E-state index in [1.54, 1.807) is 0 Å². The fourth-order valence-corrected chi connectivity index (χ4v) is 18.2. The molecule has 99 heavy (non-hydrogen) atoms. The molecule has 0 fully saturated rings. The zero-order valence-electron chi connectivity index (χ0n) is 53.8. The number of para-hydroxylation sites is 5. The maximum Gasteiger partial charge on any atom is 0.0991 e. The maximum absolute atomic E-state index is 9.55. The van der Waals surface area contributed by atoms with Crippen molar-refractivity contribution in [3.05, 3.63) is 339 Å². The van der Waals surface area contributed by atoms with E-state index in [-0.39, 0.29) is 11.5 Å². The summed E-state index contributed by atoms with van der Waals surface area (Å²) in [5.41, 5.74) is 25.2. The average molecular weight is 1280 g/mol. The SMILES string of the molecule is CC12C=CC=CC1N(c1cccc(-c3ccc4sc5c(-n6c7ccccc7c7cc(-c8ccc9c(c8)c8ccccc8n9-c8ccc(C#N)cc8)ccc76)cccc5c4c3)c1)c1ccc(-c3ccc4c(c3)c3ccccc3n4-c3ccc4c(c3)c3ccccc3n4-c3ccccc3)cc12. The van der Waals surface area contributed by atoms with E-state index in [2.05, 4.69) is 340 Å². The van der Waals surface area contributed by atoms with Crippen LogP contribution in [0.15, 0.2) is 328 Å². The van der Waals surface area contributed by atoms with Gasteiger partial charge in [-0.05, 0) is 204 Å². The number of thiophene rings is 1. The van der Waals surface area contributed by atoms with Crippen LogP contribution in [-0.4, -0.2) is 24.3 Å². The Morgan fingerprint density at radius 1 is 0.323 bits per heavy atom. The third-order valence-electron chi connectivity index (χ3n) is 21.6. The smallest absolute Gasteiger partial charge is 0.0991 e. The largest absolute Gasteiger partial charge is 0.333 e. The molecule has 0 spiro atoms. The molecular formula is C92H58N6S. The van der Waals surface area contributed by atoms with E-state index < -0.39 is 0 Å². The van der Waals surface area contributed by atoms with Crippen molar-refractivity contribution in [2.24, 2.45) is 0 Å². The van der Waals surface area contributed by atoms with Crippen molar-refractivity contribution < 1.29 is 0 Å². The molecule has 2 aliphatic rings. The monoisotopic (exact) mass is 1280 g/mol. The lowest BCUT2D eigenvalue weighted by Crippen LogP contribution is -2.39. The zero-order valence-corrected chi connectivity index (χ0v) is 54.7. The molecule has 14 aromatic carbocycles. The Kier molecular flexibility index (Phi) is 11.9. The predicted octanol–water partition coefficient (Wildman–Crippen LogP) is 24.2. The average Bonchev–Trinajstić information content (AvgIpc) is 1.58. The Morgan fingerprint density at radius 3 is 1.38 bits per heavy atom. The van der Waals surface area contributed by atoms with Gasteiger partial charge in [-0.15, -0.1) is 11.3 Å². The number of benzene rings is 14. The highest BCUT2D eigenvalue weighted by Gasteiger charge is 2.46. The van der Waals surface area contributed by atoms with Gasteiger partial charge in [0.2, 0.25) is 0 Å². The van der Waals surface area contributed by atoms with Gasteiger partial charge in [-0.3, -0.25) is 0 Å². The van der Waals surface area contributed by atoms with Crippen molar-refractivity contribution in [3.8, 4) is 62.2 Å². The second-order valence-corrected chi connectivity index (χ2v) is 27.9. The van der Waals surface area contributed by atoms with Gasteiger partial charge in [-0.25, -0.2) is 0 Å². The molecule has 0 N–H and O–H groups in total. The normalized spacial score (nSPS) is 15.2. The number of rotatable bonds is 8. The van der Waals surface area contributed by atoms with Crippen LogP contribution in [0.3, 0.4) is 0 Å². The molecule has 2 unspecified atom stereocenters. The molecule has 5 aromatic heterocycles. The number of allylic oxidation sites excluding steroid dienone is 2. The van der Waals surface area contributed by atoms with Crippen LogP contribution >= 0.6 is 11.3 Å². The summed E-state index contributed by atoms with van der Waals surface area (Å²) in [5.74, 6) is 0. The molecule has 19 aromatic rings. The van der Waals surface area contributed by atoms with Crippen molar-refractivity contribution in [1.29, 1.82) is 5.26 Å². The van der Waals surface area contributed by atoms with Gasteiger partial charge in [-0.2, -0.15) is 5.26 Å². The van der Waals surface area contributed by atoms with Gasteiger partial charge in [-0.1, -0.05) is 170 Å². The first-order valence-corrected chi connectivity index (χ1v) is 34.8. The first-order chi connectivity index (χ1) is 48.9. The lowest BCUT2D eigenvalue weighted by atomic mass is 9.75. The molecule has 6 nitrogen and oxygen atoms in total. The van der Waals surface area contributed by atoms with Crippen molar-refractivity contribution in [2.45, 2.75) is 18.4 Å². The fraction of sp³-hybridized carbons (Fsp3) is 0.0326. The van der Waals surface area contributed by atoms with E-state index in [0.717, 1.165) is 28.1 Å². The van der Waals surface area contributed by atoms with Crippen molar-refractivity contribution in [1.82, 2.24) is 18.3 Å². The number of hydrogen-bond acceptors (Lipinski definition) is 3. The molecule has 0 saturated heterocycles. The molecule has 1 aliphatic carbocycles. The maximum atomic E-state index is 9.55. The summed E-state index contributed by atoms with van der Waals surface area (Å²) >= 11 is 1.88. The highest BCUT2D eigenvalue weighted by Crippen LogP contribution is 2.54.